The summed E-state index contributed by atoms with van der Waals surface area (Å²) in [5.74, 6) is -5.26. The molecule has 0 aliphatic rings. The molecule has 14 nitrogen and oxygen atoms in total. The molecular formula is C18H33NaO14S2. The molecule has 6 N–H and O–H groups in total. The number of carbonyl (C=O) groups is 4. The van der Waals surface area contributed by atoms with Gasteiger partial charge in [-0.3, -0.25) is 28.3 Å². The number of aliphatic carboxylic acids is 4. The van der Waals surface area contributed by atoms with Gasteiger partial charge in [-0.15, -0.1) is 0 Å². The van der Waals surface area contributed by atoms with Crippen LogP contribution in [0.2, 0.25) is 0 Å². The van der Waals surface area contributed by atoms with E-state index in [1.807, 2.05) is 0 Å². The maximum absolute atomic E-state index is 10.2. The molecule has 0 aromatic carbocycles. The van der Waals surface area contributed by atoms with Crippen molar-refractivity contribution < 1.29 is 95.1 Å². The molecule has 0 spiro atoms. The Morgan fingerprint density at radius 3 is 1.14 bits per heavy atom. The Morgan fingerprint density at radius 2 is 1.00 bits per heavy atom. The van der Waals surface area contributed by atoms with Crippen LogP contribution in [0.4, 0.5) is 0 Å². The van der Waals surface area contributed by atoms with Gasteiger partial charge in [0.25, 0.3) is 20.2 Å². The minimum Gasteiger partial charge on any atom is -0.481 e. The molecule has 17 heteroatoms. The summed E-state index contributed by atoms with van der Waals surface area (Å²) in [5.41, 5.74) is 0. The number of rotatable bonds is 14. The molecule has 0 heterocycles. The Balaban J connectivity index is -0.000000204. The molecule has 0 aliphatic heterocycles. The standard InChI is InChI=1S/C10H21.2C4H6O7S.Na/c1-4-7-8-9-10(5-2)6-3;2*5-3(6)1-2(4(7)8)12(9,10)11;/h4-9H2,1-3H3;2*2H,1H2,(H,5,6)(H,7,8)(H,9,10,11);/q-1;;;+1. The molecule has 0 amide bonds. The van der Waals surface area contributed by atoms with Gasteiger partial charge in [-0.1, -0.05) is 40.0 Å². The third-order valence-corrected chi connectivity index (χ3v) is 6.30. The third kappa shape index (κ3) is 24.2. The average molecular weight is 561 g/mol. The Hall–Kier alpha value is -1.30. The minimum atomic E-state index is -4.84. The molecule has 0 fully saturated rings. The van der Waals surface area contributed by atoms with Crippen LogP contribution < -0.4 is 29.6 Å². The first-order chi connectivity index (χ1) is 15.3. The molecule has 0 bridgehead atoms. The van der Waals surface area contributed by atoms with Crippen LogP contribution in [0.25, 0.3) is 0 Å². The molecule has 0 saturated carbocycles. The summed E-state index contributed by atoms with van der Waals surface area (Å²) >= 11 is 0. The van der Waals surface area contributed by atoms with Crippen molar-refractivity contribution in [2.75, 3.05) is 0 Å². The smallest absolute Gasteiger partial charge is 0.481 e. The maximum atomic E-state index is 10.2. The first-order valence-corrected chi connectivity index (χ1v) is 13.0. The Kier molecular flexibility index (Phi) is 24.3. The first-order valence-electron chi connectivity index (χ1n) is 10.00. The van der Waals surface area contributed by atoms with Gasteiger partial charge in [0, 0.05) is 0 Å². The van der Waals surface area contributed by atoms with E-state index in [1.54, 1.807) is 5.92 Å². The zero-order valence-electron chi connectivity index (χ0n) is 20.1. The van der Waals surface area contributed by atoms with E-state index in [0.717, 1.165) is 0 Å². The summed E-state index contributed by atoms with van der Waals surface area (Å²) < 4.78 is 57.3. The van der Waals surface area contributed by atoms with Gasteiger partial charge in [0.15, 0.2) is 10.5 Å². The fourth-order valence-corrected chi connectivity index (χ4v) is 3.40. The van der Waals surface area contributed by atoms with E-state index < -0.39 is 67.5 Å². The topological polar surface area (TPSA) is 258 Å². The molecule has 0 aromatic heterocycles. The van der Waals surface area contributed by atoms with Crippen LogP contribution in [0.15, 0.2) is 0 Å². The number of carboxylic acids is 4. The molecule has 0 rings (SSSR count). The molecule has 2 unspecified atom stereocenters. The normalized spacial score (nSPS) is 12.5. The van der Waals surface area contributed by atoms with E-state index in [4.69, 9.17) is 29.5 Å². The molecular weight excluding hydrogens is 527 g/mol. The summed E-state index contributed by atoms with van der Waals surface area (Å²) in [6, 6.07) is 0. The Labute approximate surface area is 226 Å². The second-order valence-electron chi connectivity index (χ2n) is 6.79. The second kappa shape index (κ2) is 20.8. The van der Waals surface area contributed by atoms with Gasteiger partial charge in [0.1, 0.15) is 0 Å². The average Bonchev–Trinajstić information content (AvgIpc) is 2.66. The van der Waals surface area contributed by atoms with E-state index in [0.29, 0.717) is 0 Å². The van der Waals surface area contributed by atoms with E-state index in [2.05, 4.69) is 20.8 Å². The second-order valence-corrected chi connectivity index (χ2v) is 9.99. The summed E-state index contributed by atoms with van der Waals surface area (Å²) in [6.07, 6.45) is 5.81. The van der Waals surface area contributed by atoms with Crippen LogP contribution in [-0.4, -0.2) is 80.7 Å². The fraction of sp³-hybridized carbons (Fsp3) is 0.722. The predicted octanol–water partition coefficient (Wildman–Crippen LogP) is -1.43. The first kappa shape index (κ1) is 40.9. The summed E-state index contributed by atoms with van der Waals surface area (Å²) in [4.78, 5) is 40.0. The van der Waals surface area contributed by atoms with Crippen LogP contribution in [0.3, 0.4) is 0 Å². The van der Waals surface area contributed by atoms with Crippen molar-refractivity contribution in [3.8, 4) is 0 Å². The number of unbranched alkanes of at least 4 members (excludes halogenated alkanes) is 2. The van der Waals surface area contributed by atoms with Gasteiger partial charge in [-0.2, -0.15) is 36.1 Å². The van der Waals surface area contributed by atoms with Crippen molar-refractivity contribution in [2.24, 2.45) is 0 Å². The third-order valence-electron chi connectivity index (χ3n) is 4.12. The Bertz CT molecular complexity index is 788. The van der Waals surface area contributed by atoms with Crippen LogP contribution >= 0.6 is 0 Å². The van der Waals surface area contributed by atoms with Crippen molar-refractivity contribution in [1.29, 1.82) is 0 Å². The molecule has 2 atom stereocenters. The van der Waals surface area contributed by atoms with E-state index in [1.165, 1.54) is 38.5 Å². The maximum Gasteiger partial charge on any atom is 1.00 e. The van der Waals surface area contributed by atoms with Crippen molar-refractivity contribution in [2.45, 2.75) is 82.6 Å². The van der Waals surface area contributed by atoms with Crippen molar-refractivity contribution in [1.82, 2.24) is 0 Å². The van der Waals surface area contributed by atoms with Gasteiger partial charge in [-0.05, 0) is 0 Å². The predicted molar refractivity (Wildman–Crippen MR) is 118 cm³/mol. The van der Waals surface area contributed by atoms with Gasteiger partial charge in [0.05, 0.1) is 12.8 Å². The molecule has 0 aliphatic carbocycles. The number of hydrogen-bond acceptors (Lipinski definition) is 8. The van der Waals surface area contributed by atoms with Gasteiger partial charge in [-0.25, -0.2) is 0 Å². The van der Waals surface area contributed by atoms with Gasteiger partial charge >= 0.3 is 53.4 Å². The van der Waals surface area contributed by atoms with Crippen molar-refractivity contribution in [3.05, 3.63) is 5.92 Å². The zero-order chi connectivity index (χ0) is 27.7. The molecule has 202 valence electrons. The van der Waals surface area contributed by atoms with Gasteiger partial charge < -0.3 is 26.3 Å². The van der Waals surface area contributed by atoms with Crippen LogP contribution in [0.5, 0.6) is 0 Å². The van der Waals surface area contributed by atoms with E-state index >= 15 is 0 Å². The van der Waals surface area contributed by atoms with Crippen molar-refractivity contribution in [3.63, 3.8) is 0 Å². The van der Waals surface area contributed by atoms with Crippen LogP contribution in [-0.2, 0) is 39.4 Å². The van der Waals surface area contributed by atoms with Crippen molar-refractivity contribution >= 4 is 44.1 Å². The quantitative estimate of drug-likeness (QED) is 0.0616. The SMILES string of the molecule is CCCCC[C-](CC)CC.O=C(O)CC(C(=O)O)S(=O)(=O)O.O=C(O)CC(C(=O)O)S(=O)(=O)O.[Na+]. The minimum absolute atomic E-state index is 0. The molecule has 0 saturated heterocycles. The van der Waals surface area contributed by atoms with Gasteiger partial charge in [0.2, 0.25) is 0 Å². The summed E-state index contributed by atoms with van der Waals surface area (Å²) in [7, 11) is -9.68. The molecule has 0 radical (unpaired) electrons. The summed E-state index contributed by atoms with van der Waals surface area (Å²) in [6.45, 7) is 6.80. The fourth-order valence-electron chi connectivity index (χ4n) is 2.19. The largest absolute Gasteiger partial charge is 1.00 e. The summed E-state index contributed by atoms with van der Waals surface area (Å²) in [5, 5.41) is 27.8. The molecule has 35 heavy (non-hydrogen) atoms. The Morgan fingerprint density at radius 1 is 0.686 bits per heavy atom. The monoisotopic (exact) mass is 560 g/mol. The molecule has 0 aromatic rings. The van der Waals surface area contributed by atoms with Crippen LogP contribution in [0.1, 0.15) is 72.1 Å². The number of carboxylic acid groups (broad SMARTS) is 4. The van der Waals surface area contributed by atoms with Crippen LogP contribution in [0, 0.1) is 5.92 Å². The zero-order valence-corrected chi connectivity index (χ0v) is 23.7. The number of hydrogen-bond donors (Lipinski definition) is 6. The van der Waals surface area contributed by atoms with E-state index in [-0.39, 0.29) is 29.6 Å². The van der Waals surface area contributed by atoms with E-state index in [9.17, 15) is 36.0 Å².